The number of rotatable bonds is 5. The molecule has 2 rings (SSSR count). The van der Waals surface area contributed by atoms with Crippen LogP contribution in [0.3, 0.4) is 0 Å². The van der Waals surface area contributed by atoms with Gasteiger partial charge < -0.3 is 10.1 Å². The third-order valence-corrected chi connectivity index (χ3v) is 4.88. The minimum atomic E-state index is 0.268. The minimum absolute atomic E-state index is 0.268. The molecule has 4 heteroatoms. The first-order valence-corrected chi connectivity index (χ1v) is 8.50. The minimum Gasteiger partial charge on any atom is -0.492 e. The SMILES string of the molecule is CC(C)C(CNC1CCOc2c(Cl)cc(Cl)cc21)C(C)C. The Hall–Kier alpha value is -0.440. The maximum Gasteiger partial charge on any atom is 0.142 e. The van der Waals surface area contributed by atoms with E-state index in [9.17, 15) is 0 Å². The zero-order valence-corrected chi connectivity index (χ0v) is 14.8. The van der Waals surface area contributed by atoms with Crippen molar-refractivity contribution in [2.24, 2.45) is 17.8 Å². The first-order chi connectivity index (χ1) is 9.90. The quantitative estimate of drug-likeness (QED) is 0.787. The van der Waals surface area contributed by atoms with Crippen LogP contribution in [0.2, 0.25) is 10.0 Å². The lowest BCUT2D eigenvalue weighted by Gasteiger charge is -2.31. The Morgan fingerprint density at radius 2 is 1.86 bits per heavy atom. The van der Waals surface area contributed by atoms with Crippen molar-refractivity contribution < 1.29 is 4.74 Å². The molecule has 2 nitrogen and oxygen atoms in total. The largest absolute Gasteiger partial charge is 0.492 e. The van der Waals surface area contributed by atoms with E-state index < -0.39 is 0 Å². The molecule has 0 saturated heterocycles. The van der Waals surface area contributed by atoms with Crippen LogP contribution in [-0.2, 0) is 0 Å². The Kier molecular flexibility index (Phi) is 5.81. The number of hydrogen-bond acceptors (Lipinski definition) is 2. The van der Waals surface area contributed by atoms with Gasteiger partial charge in [0.1, 0.15) is 5.75 Å². The van der Waals surface area contributed by atoms with Crippen molar-refractivity contribution in [2.45, 2.75) is 40.2 Å². The summed E-state index contributed by atoms with van der Waals surface area (Å²) in [5.74, 6) is 2.78. The van der Waals surface area contributed by atoms with Crippen LogP contribution in [0.1, 0.15) is 45.7 Å². The topological polar surface area (TPSA) is 21.3 Å². The molecule has 1 atom stereocenters. The summed E-state index contributed by atoms with van der Waals surface area (Å²) >= 11 is 12.4. The van der Waals surface area contributed by atoms with Crippen LogP contribution >= 0.6 is 23.2 Å². The molecule has 1 aliphatic rings. The Balaban J connectivity index is 2.13. The second kappa shape index (κ2) is 7.21. The zero-order chi connectivity index (χ0) is 15.6. The van der Waals surface area contributed by atoms with Gasteiger partial charge in [-0.2, -0.15) is 0 Å². The fraction of sp³-hybridized carbons (Fsp3) is 0.647. The summed E-state index contributed by atoms with van der Waals surface area (Å²) in [7, 11) is 0. The van der Waals surface area contributed by atoms with E-state index in [0.717, 1.165) is 24.3 Å². The third-order valence-electron chi connectivity index (χ3n) is 4.38. The van der Waals surface area contributed by atoms with Crippen molar-refractivity contribution in [3.05, 3.63) is 27.7 Å². The van der Waals surface area contributed by atoms with Crippen LogP contribution in [0.4, 0.5) is 0 Å². The highest BCUT2D eigenvalue weighted by Gasteiger charge is 2.26. The van der Waals surface area contributed by atoms with E-state index in [4.69, 9.17) is 27.9 Å². The first kappa shape index (κ1) is 16.9. The molecule has 1 N–H and O–H groups in total. The van der Waals surface area contributed by atoms with Gasteiger partial charge in [-0.15, -0.1) is 0 Å². The molecule has 21 heavy (non-hydrogen) atoms. The second-order valence-corrected chi connectivity index (χ2v) is 7.40. The number of hydrogen-bond donors (Lipinski definition) is 1. The lowest BCUT2D eigenvalue weighted by atomic mass is 9.85. The Morgan fingerprint density at radius 3 is 2.48 bits per heavy atom. The van der Waals surface area contributed by atoms with Gasteiger partial charge in [0.2, 0.25) is 0 Å². The molecular formula is C17H25Cl2NO. The molecule has 0 aliphatic carbocycles. The van der Waals surface area contributed by atoms with Crippen molar-refractivity contribution >= 4 is 23.2 Å². The van der Waals surface area contributed by atoms with Crippen LogP contribution in [0.5, 0.6) is 5.75 Å². The van der Waals surface area contributed by atoms with E-state index in [0.29, 0.717) is 34.4 Å². The molecule has 0 aromatic heterocycles. The average Bonchev–Trinajstić information content (AvgIpc) is 2.38. The number of fused-ring (bicyclic) bond motifs is 1. The van der Waals surface area contributed by atoms with Gasteiger partial charge >= 0.3 is 0 Å². The average molecular weight is 330 g/mol. The van der Waals surface area contributed by atoms with E-state index in [1.807, 2.05) is 6.07 Å². The summed E-state index contributed by atoms with van der Waals surface area (Å²) in [5, 5.41) is 4.97. The van der Waals surface area contributed by atoms with Crippen LogP contribution < -0.4 is 10.1 Å². The van der Waals surface area contributed by atoms with Crippen LogP contribution in [0.25, 0.3) is 0 Å². The summed E-state index contributed by atoms with van der Waals surface area (Å²) in [6, 6.07) is 3.99. The lowest BCUT2D eigenvalue weighted by Crippen LogP contribution is -2.34. The smallest absolute Gasteiger partial charge is 0.142 e. The highest BCUT2D eigenvalue weighted by molar-refractivity contribution is 6.35. The Morgan fingerprint density at radius 1 is 1.19 bits per heavy atom. The van der Waals surface area contributed by atoms with Gasteiger partial charge in [-0.25, -0.2) is 0 Å². The highest BCUT2D eigenvalue weighted by atomic mass is 35.5. The summed E-state index contributed by atoms with van der Waals surface area (Å²) in [6.45, 7) is 10.9. The van der Waals surface area contributed by atoms with Crippen molar-refractivity contribution in [3.8, 4) is 5.75 Å². The molecule has 0 radical (unpaired) electrons. The summed E-state index contributed by atoms with van der Waals surface area (Å²) in [5.41, 5.74) is 1.09. The molecule has 1 aromatic carbocycles. The summed E-state index contributed by atoms with van der Waals surface area (Å²) < 4.78 is 5.71. The predicted octanol–water partition coefficient (Wildman–Crippen LogP) is 5.33. The molecule has 1 aromatic rings. The first-order valence-electron chi connectivity index (χ1n) is 7.75. The molecule has 0 saturated carbocycles. The van der Waals surface area contributed by atoms with Crippen LogP contribution in [-0.4, -0.2) is 13.2 Å². The molecule has 1 heterocycles. The van der Waals surface area contributed by atoms with E-state index >= 15 is 0 Å². The summed E-state index contributed by atoms with van der Waals surface area (Å²) in [4.78, 5) is 0. The standard InChI is InChI=1S/C17H25Cl2NO/c1-10(2)14(11(3)4)9-20-16-5-6-21-17-13(16)7-12(18)8-15(17)19/h7-8,10-11,14,16,20H,5-6,9H2,1-4H3. The molecule has 0 bridgehead atoms. The normalized spacial score (nSPS) is 18.2. The molecule has 1 unspecified atom stereocenters. The molecule has 0 spiro atoms. The lowest BCUT2D eigenvalue weighted by molar-refractivity contribution is 0.225. The second-order valence-electron chi connectivity index (χ2n) is 6.56. The molecular weight excluding hydrogens is 305 g/mol. The van der Waals surface area contributed by atoms with E-state index in [-0.39, 0.29) is 6.04 Å². The number of ether oxygens (including phenoxy) is 1. The van der Waals surface area contributed by atoms with Gasteiger partial charge in [0.25, 0.3) is 0 Å². The number of nitrogens with one attached hydrogen (secondary N) is 1. The maximum absolute atomic E-state index is 6.24. The van der Waals surface area contributed by atoms with Gasteiger partial charge in [-0.3, -0.25) is 0 Å². The van der Waals surface area contributed by atoms with E-state index in [1.165, 1.54) is 0 Å². The van der Waals surface area contributed by atoms with Gasteiger partial charge in [-0.05, 0) is 36.4 Å². The van der Waals surface area contributed by atoms with Gasteiger partial charge in [-0.1, -0.05) is 50.9 Å². The van der Waals surface area contributed by atoms with Crippen LogP contribution in [0.15, 0.2) is 12.1 Å². The number of halogens is 2. The van der Waals surface area contributed by atoms with Crippen molar-refractivity contribution in [2.75, 3.05) is 13.2 Å². The summed E-state index contributed by atoms with van der Waals surface area (Å²) in [6.07, 6.45) is 0.951. The fourth-order valence-corrected chi connectivity index (χ4v) is 3.72. The van der Waals surface area contributed by atoms with Gasteiger partial charge in [0, 0.05) is 23.0 Å². The van der Waals surface area contributed by atoms with Gasteiger partial charge in [0.05, 0.1) is 11.6 Å². The molecule has 0 fully saturated rings. The monoisotopic (exact) mass is 329 g/mol. The van der Waals surface area contributed by atoms with E-state index in [2.05, 4.69) is 33.0 Å². The Labute approximate surface area is 138 Å². The molecule has 118 valence electrons. The van der Waals surface area contributed by atoms with E-state index in [1.54, 1.807) is 6.07 Å². The number of benzene rings is 1. The maximum atomic E-state index is 6.24. The fourth-order valence-electron chi connectivity index (χ4n) is 3.16. The molecule has 1 aliphatic heterocycles. The Bertz CT molecular complexity index is 480. The highest BCUT2D eigenvalue weighted by Crippen LogP contribution is 2.40. The third kappa shape index (κ3) is 4.06. The van der Waals surface area contributed by atoms with Crippen molar-refractivity contribution in [3.63, 3.8) is 0 Å². The molecule has 0 amide bonds. The van der Waals surface area contributed by atoms with Crippen molar-refractivity contribution in [1.29, 1.82) is 0 Å². The zero-order valence-electron chi connectivity index (χ0n) is 13.2. The van der Waals surface area contributed by atoms with Crippen LogP contribution in [0, 0.1) is 17.8 Å². The van der Waals surface area contributed by atoms with Gasteiger partial charge in [0.15, 0.2) is 0 Å². The van der Waals surface area contributed by atoms with Crippen molar-refractivity contribution in [1.82, 2.24) is 5.32 Å². The predicted molar refractivity (Wildman–Crippen MR) is 90.5 cm³/mol.